The predicted molar refractivity (Wildman–Crippen MR) is 92.9 cm³/mol. The zero-order valence-electron chi connectivity index (χ0n) is 13.8. The lowest BCUT2D eigenvalue weighted by molar-refractivity contribution is -0.124. The quantitative estimate of drug-likeness (QED) is 0.887. The molecule has 4 heteroatoms. The molecule has 0 radical (unpaired) electrons. The fourth-order valence-corrected chi connectivity index (χ4v) is 3.16. The van der Waals surface area contributed by atoms with Gasteiger partial charge in [-0.15, -0.1) is 0 Å². The first-order valence-electron chi connectivity index (χ1n) is 8.40. The summed E-state index contributed by atoms with van der Waals surface area (Å²) >= 11 is 0. The van der Waals surface area contributed by atoms with Gasteiger partial charge in [0.25, 0.3) is 0 Å². The summed E-state index contributed by atoms with van der Waals surface area (Å²) in [6.07, 6.45) is 0.584. The van der Waals surface area contributed by atoms with E-state index in [-0.39, 0.29) is 17.9 Å². The van der Waals surface area contributed by atoms with E-state index in [1.54, 1.807) is 0 Å². The second kappa shape index (κ2) is 7.49. The minimum absolute atomic E-state index is 0.00138. The highest BCUT2D eigenvalue weighted by Crippen LogP contribution is 2.33. The summed E-state index contributed by atoms with van der Waals surface area (Å²) in [5, 5.41) is 13.3. The van der Waals surface area contributed by atoms with Crippen LogP contribution < -0.4 is 10.1 Å². The highest BCUT2D eigenvalue weighted by Gasteiger charge is 2.28. The molecule has 1 amide bonds. The third-order valence-corrected chi connectivity index (χ3v) is 4.42. The molecule has 4 nitrogen and oxygen atoms in total. The molecular weight excluding hydrogens is 302 g/mol. The summed E-state index contributed by atoms with van der Waals surface area (Å²) in [4.78, 5) is 12.6. The lowest BCUT2D eigenvalue weighted by Crippen LogP contribution is -2.38. The van der Waals surface area contributed by atoms with Crippen molar-refractivity contribution in [1.29, 1.82) is 0 Å². The van der Waals surface area contributed by atoms with Crippen LogP contribution in [0, 0.1) is 0 Å². The molecule has 1 aliphatic heterocycles. The van der Waals surface area contributed by atoms with Gasteiger partial charge in [0.15, 0.2) is 0 Å². The first-order chi connectivity index (χ1) is 11.6. The molecule has 0 fully saturated rings. The van der Waals surface area contributed by atoms with Crippen LogP contribution in [-0.2, 0) is 4.79 Å². The molecule has 1 aliphatic rings. The van der Waals surface area contributed by atoms with Crippen LogP contribution in [0.1, 0.15) is 42.9 Å². The number of carbonyl (C=O) groups excluding carboxylic acids is 1. The Kier molecular flexibility index (Phi) is 5.16. The van der Waals surface area contributed by atoms with Gasteiger partial charge in [0.05, 0.1) is 18.6 Å². The van der Waals surface area contributed by atoms with Crippen molar-refractivity contribution in [3.05, 3.63) is 65.7 Å². The van der Waals surface area contributed by atoms with Crippen molar-refractivity contribution >= 4 is 5.91 Å². The van der Waals surface area contributed by atoms with Gasteiger partial charge in [0.2, 0.25) is 5.91 Å². The van der Waals surface area contributed by atoms with Crippen LogP contribution in [0.5, 0.6) is 5.75 Å². The van der Waals surface area contributed by atoms with Gasteiger partial charge in [-0.3, -0.25) is 4.79 Å². The molecule has 2 aromatic carbocycles. The predicted octanol–water partition coefficient (Wildman–Crippen LogP) is 3.18. The van der Waals surface area contributed by atoms with Crippen molar-refractivity contribution in [2.24, 2.45) is 0 Å². The number of hydrogen-bond acceptors (Lipinski definition) is 3. The Morgan fingerprint density at radius 2 is 1.92 bits per heavy atom. The molecule has 0 unspecified atom stereocenters. The largest absolute Gasteiger partial charge is 0.493 e. The van der Waals surface area contributed by atoms with E-state index < -0.39 is 6.10 Å². The van der Waals surface area contributed by atoms with Crippen LogP contribution >= 0.6 is 0 Å². The molecule has 3 atom stereocenters. The summed E-state index contributed by atoms with van der Waals surface area (Å²) in [5.41, 5.74) is 1.81. The zero-order chi connectivity index (χ0) is 16.9. The highest BCUT2D eigenvalue weighted by molar-refractivity contribution is 5.85. The molecule has 0 saturated carbocycles. The molecule has 126 valence electrons. The number of aliphatic hydroxyl groups is 1. The van der Waals surface area contributed by atoms with Crippen molar-refractivity contribution in [3.8, 4) is 5.75 Å². The van der Waals surface area contributed by atoms with Crippen LogP contribution in [-0.4, -0.2) is 23.7 Å². The third kappa shape index (κ3) is 3.77. The topological polar surface area (TPSA) is 58.6 Å². The summed E-state index contributed by atoms with van der Waals surface area (Å²) in [7, 11) is 0. The Morgan fingerprint density at radius 1 is 1.21 bits per heavy atom. The second-order valence-corrected chi connectivity index (χ2v) is 6.30. The zero-order valence-corrected chi connectivity index (χ0v) is 13.8. The van der Waals surface area contributed by atoms with Crippen LogP contribution in [0.4, 0.5) is 0 Å². The molecule has 0 bridgehead atoms. The molecular formula is C20H23NO3. The average molecular weight is 325 g/mol. The standard InChI is InChI=1S/C20H23NO3/c1-14(13-18(22)15-7-3-2-4-8-15)21-20(23)17-11-12-24-19-10-6-5-9-16(17)19/h2-10,14,17-18,22H,11-13H2,1H3,(H,21,23)/t14-,17-,18+/m1/s1. The number of rotatable bonds is 5. The monoisotopic (exact) mass is 325 g/mol. The maximum absolute atomic E-state index is 12.6. The summed E-state index contributed by atoms with van der Waals surface area (Å²) in [6.45, 7) is 2.48. The van der Waals surface area contributed by atoms with Gasteiger partial charge in [-0.05, 0) is 31.4 Å². The minimum Gasteiger partial charge on any atom is -0.493 e. The Hall–Kier alpha value is -2.33. The maximum atomic E-state index is 12.6. The Bertz CT molecular complexity index is 686. The fourth-order valence-electron chi connectivity index (χ4n) is 3.16. The number of hydrogen-bond donors (Lipinski definition) is 2. The lowest BCUT2D eigenvalue weighted by atomic mass is 9.92. The van der Waals surface area contributed by atoms with Crippen LogP contribution in [0.25, 0.3) is 0 Å². The molecule has 0 aliphatic carbocycles. The van der Waals surface area contributed by atoms with E-state index in [0.29, 0.717) is 19.4 Å². The van der Waals surface area contributed by atoms with Gasteiger partial charge in [0.1, 0.15) is 5.75 Å². The van der Waals surface area contributed by atoms with E-state index in [1.807, 2.05) is 61.5 Å². The summed E-state index contributed by atoms with van der Waals surface area (Å²) in [6, 6.07) is 17.1. The van der Waals surface area contributed by atoms with E-state index in [4.69, 9.17) is 4.74 Å². The van der Waals surface area contributed by atoms with Gasteiger partial charge in [-0.1, -0.05) is 48.5 Å². The van der Waals surface area contributed by atoms with E-state index >= 15 is 0 Å². The third-order valence-electron chi connectivity index (χ3n) is 4.42. The second-order valence-electron chi connectivity index (χ2n) is 6.30. The van der Waals surface area contributed by atoms with Gasteiger partial charge in [-0.2, -0.15) is 0 Å². The van der Waals surface area contributed by atoms with Gasteiger partial charge in [-0.25, -0.2) is 0 Å². The number of benzene rings is 2. The summed E-state index contributed by atoms with van der Waals surface area (Å²) in [5.74, 6) is 0.602. The maximum Gasteiger partial charge on any atom is 0.228 e. The van der Waals surface area contributed by atoms with Crippen LogP contribution in [0.15, 0.2) is 54.6 Å². The van der Waals surface area contributed by atoms with E-state index in [9.17, 15) is 9.90 Å². The average Bonchev–Trinajstić information content (AvgIpc) is 2.61. The van der Waals surface area contributed by atoms with Crippen molar-refractivity contribution in [2.75, 3.05) is 6.61 Å². The lowest BCUT2D eigenvalue weighted by Gasteiger charge is -2.27. The number of ether oxygens (including phenoxy) is 1. The molecule has 0 aromatic heterocycles. The van der Waals surface area contributed by atoms with Crippen LogP contribution in [0.3, 0.4) is 0 Å². The molecule has 24 heavy (non-hydrogen) atoms. The van der Waals surface area contributed by atoms with E-state index in [0.717, 1.165) is 16.9 Å². The normalized spacial score (nSPS) is 18.8. The molecule has 2 N–H and O–H groups in total. The highest BCUT2D eigenvalue weighted by atomic mass is 16.5. The van der Waals surface area contributed by atoms with Gasteiger partial charge in [0, 0.05) is 11.6 Å². The Labute approximate surface area is 142 Å². The van der Waals surface area contributed by atoms with Crippen molar-refractivity contribution in [2.45, 2.75) is 37.8 Å². The number of fused-ring (bicyclic) bond motifs is 1. The number of nitrogens with one attached hydrogen (secondary N) is 1. The number of para-hydroxylation sites is 1. The van der Waals surface area contributed by atoms with E-state index in [1.165, 1.54) is 0 Å². The SMILES string of the molecule is C[C@H](C[C@H](O)c1ccccc1)NC(=O)[C@@H]1CCOc2ccccc21. The molecule has 0 spiro atoms. The van der Waals surface area contributed by atoms with E-state index in [2.05, 4.69) is 5.32 Å². The smallest absolute Gasteiger partial charge is 0.228 e. The molecule has 3 rings (SSSR count). The number of aliphatic hydroxyl groups excluding tert-OH is 1. The van der Waals surface area contributed by atoms with Crippen molar-refractivity contribution in [3.63, 3.8) is 0 Å². The Balaban J connectivity index is 1.61. The molecule has 0 saturated heterocycles. The van der Waals surface area contributed by atoms with Crippen molar-refractivity contribution in [1.82, 2.24) is 5.32 Å². The molecule has 2 aromatic rings. The number of carbonyl (C=O) groups is 1. The summed E-state index contributed by atoms with van der Waals surface area (Å²) < 4.78 is 5.61. The molecule has 1 heterocycles. The fraction of sp³-hybridized carbons (Fsp3) is 0.350. The number of amides is 1. The van der Waals surface area contributed by atoms with Gasteiger partial charge < -0.3 is 15.2 Å². The minimum atomic E-state index is -0.580. The first-order valence-corrected chi connectivity index (χ1v) is 8.40. The first kappa shape index (κ1) is 16.5. The van der Waals surface area contributed by atoms with Gasteiger partial charge >= 0.3 is 0 Å². The Morgan fingerprint density at radius 3 is 2.71 bits per heavy atom. The van der Waals surface area contributed by atoms with Crippen molar-refractivity contribution < 1.29 is 14.6 Å². The van der Waals surface area contributed by atoms with Crippen LogP contribution in [0.2, 0.25) is 0 Å².